The summed E-state index contributed by atoms with van der Waals surface area (Å²) >= 11 is 0. The van der Waals surface area contributed by atoms with Gasteiger partial charge < -0.3 is 4.98 Å². The number of H-pyrrole nitrogens is 1. The Labute approximate surface area is 158 Å². The molecule has 0 saturated carbocycles. The molecule has 0 saturated heterocycles. The highest BCUT2D eigenvalue weighted by atomic mass is 19.4. The third-order valence-corrected chi connectivity index (χ3v) is 4.77. The van der Waals surface area contributed by atoms with Gasteiger partial charge in [0.25, 0.3) is 5.56 Å². The summed E-state index contributed by atoms with van der Waals surface area (Å²) in [4.78, 5) is 26.0. The minimum Gasteiger partial charge on any atom is -0.306 e. The van der Waals surface area contributed by atoms with Crippen LogP contribution >= 0.6 is 0 Å². The van der Waals surface area contributed by atoms with Gasteiger partial charge in [0.2, 0.25) is 0 Å². The second kappa shape index (κ2) is 7.20. The van der Waals surface area contributed by atoms with Crippen molar-refractivity contribution in [2.24, 2.45) is 0 Å². The van der Waals surface area contributed by atoms with E-state index in [0.29, 0.717) is 36.3 Å². The molecular formula is C20H17F3N4O. The minimum absolute atomic E-state index is 0.235. The SMILES string of the molecule is O=c1[nH]c(-c2ccc(C(F)(F)F)cc2)nc2c1CCN(Cc1cccnc1)C2. The Balaban J connectivity index is 1.60. The minimum atomic E-state index is -4.40. The zero-order valence-electron chi connectivity index (χ0n) is 14.8. The van der Waals surface area contributed by atoms with Crippen molar-refractivity contribution >= 4 is 0 Å². The Hall–Kier alpha value is -3.00. The van der Waals surface area contributed by atoms with Crippen LogP contribution in [0.4, 0.5) is 13.2 Å². The predicted molar refractivity (Wildman–Crippen MR) is 97.4 cm³/mol. The summed E-state index contributed by atoms with van der Waals surface area (Å²) < 4.78 is 38.2. The van der Waals surface area contributed by atoms with Crippen LogP contribution in [0.15, 0.2) is 53.6 Å². The second-order valence-electron chi connectivity index (χ2n) is 6.74. The Morgan fingerprint density at radius 2 is 1.93 bits per heavy atom. The number of hydrogen-bond acceptors (Lipinski definition) is 4. The van der Waals surface area contributed by atoms with Gasteiger partial charge in [-0.1, -0.05) is 18.2 Å². The summed E-state index contributed by atoms with van der Waals surface area (Å²) in [5.74, 6) is 0.278. The normalized spacial score (nSPS) is 14.7. The van der Waals surface area contributed by atoms with Crippen molar-refractivity contribution in [3.8, 4) is 11.4 Å². The number of pyridine rings is 1. The lowest BCUT2D eigenvalue weighted by molar-refractivity contribution is -0.137. The lowest BCUT2D eigenvalue weighted by Crippen LogP contribution is -2.35. The number of nitrogens with zero attached hydrogens (tertiary/aromatic N) is 3. The number of aromatic nitrogens is 3. The van der Waals surface area contributed by atoms with Gasteiger partial charge in [-0.15, -0.1) is 0 Å². The molecule has 5 nitrogen and oxygen atoms in total. The fraction of sp³-hybridized carbons (Fsp3) is 0.250. The number of hydrogen-bond donors (Lipinski definition) is 1. The molecule has 1 aromatic carbocycles. The van der Waals surface area contributed by atoms with Crippen LogP contribution in [0.2, 0.25) is 0 Å². The monoisotopic (exact) mass is 386 g/mol. The predicted octanol–water partition coefficient (Wildman–Crippen LogP) is 3.41. The fourth-order valence-corrected chi connectivity index (χ4v) is 3.33. The Morgan fingerprint density at radius 3 is 2.61 bits per heavy atom. The first-order valence-corrected chi connectivity index (χ1v) is 8.81. The third kappa shape index (κ3) is 3.82. The number of alkyl halides is 3. The van der Waals surface area contributed by atoms with Gasteiger partial charge in [-0.05, 0) is 30.2 Å². The zero-order valence-corrected chi connectivity index (χ0v) is 14.8. The summed E-state index contributed by atoms with van der Waals surface area (Å²) in [6.45, 7) is 1.92. The van der Waals surface area contributed by atoms with Gasteiger partial charge in [-0.2, -0.15) is 13.2 Å². The Bertz CT molecular complexity index is 1030. The maximum absolute atomic E-state index is 12.7. The molecule has 0 amide bonds. The first-order chi connectivity index (χ1) is 13.4. The van der Waals surface area contributed by atoms with Crippen molar-refractivity contribution in [3.63, 3.8) is 0 Å². The van der Waals surface area contributed by atoms with E-state index >= 15 is 0 Å². The van der Waals surface area contributed by atoms with Crippen molar-refractivity contribution in [1.82, 2.24) is 19.9 Å². The lowest BCUT2D eigenvalue weighted by atomic mass is 10.0. The zero-order chi connectivity index (χ0) is 19.7. The lowest BCUT2D eigenvalue weighted by Gasteiger charge is -2.27. The van der Waals surface area contributed by atoms with Gasteiger partial charge in [0, 0.05) is 43.2 Å². The van der Waals surface area contributed by atoms with Gasteiger partial charge in [0.05, 0.1) is 11.3 Å². The average Bonchev–Trinajstić information content (AvgIpc) is 2.68. The van der Waals surface area contributed by atoms with Crippen molar-refractivity contribution in [1.29, 1.82) is 0 Å². The molecule has 0 aliphatic carbocycles. The molecule has 0 atom stereocenters. The summed E-state index contributed by atoms with van der Waals surface area (Å²) in [6, 6.07) is 8.49. The van der Waals surface area contributed by atoms with Crippen LogP contribution in [0.3, 0.4) is 0 Å². The number of aromatic amines is 1. The van der Waals surface area contributed by atoms with Gasteiger partial charge in [-0.3, -0.25) is 14.7 Å². The molecule has 0 unspecified atom stereocenters. The number of fused-ring (bicyclic) bond motifs is 1. The molecule has 8 heteroatoms. The van der Waals surface area contributed by atoms with Crippen LogP contribution in [0.1, 0.15) is 22.4 Å². The molecule has 4 rings (SSSR count). The van der Waals surface area contributed by atoms with E-state index in [2.05, 4.69) is 19.9 Å². The van der Waals surface area contributed by atoms with Crippen LogP contribution in [0.5, 0.6) is 0 Å². The van der Waals surface area contributed by atoms with Crippen molar-refractivity contribution < 1.29 is 13.2 Å². The van der Waals surface area contributed by atoms with Crippen molar-refractivity contribution in [2.75, 3.05) is 6.54 Å². The molecule has 1 N–H and O–H groups in total. The van der Waals surface area contributed by atoms with E-state index < -0.39 is 11.7 Å². The van der Waals surface area contributed by atoms with E-state index in [1.807, 2.05) is 12.1 Å². The van der Waals surface area contributed by atoms with E-state index in [1.54, 1.807) is 12.4 Å². The molecule has 2 aromatic heterocycles. The van der Waals surface area contributed by atoms with Crippen LogP contribution in [0.25, 0.3) is 11.4 Å². The number of nitrogens with one attached hydrogen (secondary N) is 1. The molecule has 1 aliphatic rings. The highest BCUT2D eigenvalue weighted by Gasteiger charge is 2.30. The van der Waals surface area contributed by atoms with Crippen LogP contribution in [0, 0.1) is 0 Å². The first-order valence-electron chi connectivity index (χ1n) is 8.81. The highest BCUT2D eigenvalue weighted by molar-refractivity contribution is 5.56. The summed E-state index contributed by atoms with van der Waals surface area (Å²) in [5, 5.41) is 0. The van der Waals surface area contributed by atoms with E-state index in [0.717, 1.165) is 24.2 Å². The van der Waals surface area contributed by atoms with Gasteiger partial charge in [0.15, 0.2) is 0 Å². The first kappa shape index (κ1) is 18.4. The highest BCUT2D eigenvalue weighted by Crippen LogP contribution is 2.30. The molecule has 1 aliphatic heterocycles. The van der Waals surface area contributed by atoms with E-state index in [4.69, 9.17) is 0 Å². The molecule has 0 radical (unpaired) electrons. The maximum Gasteiger partial charge on any atom is 0.416 e. The number of benzene rings is 1. The summed E-state index contributed by atoms with van der Waals surface area (Å²) in [6.07, 6.45) is -0.311. The van der Waals surface area contributed by atoms with Crippen LogP contribution in [-0.2, 0) is 25.7 Å². The summed E-state index contributed by atoms with van der Waals surface area (Å²) in [5.41, 5.74) is 1.84. The van der Waals surface area contributed by atoms with Crippen LogP contribution in [-0.4, -0.2) is 26.4 Å². The molecule has 0 fully saturated rings. The second-order valence-corrected chi connectivity index (χ2v) is 6.74. The topological polar surface area (TPSA) is 61.9 Å². The molecule has 0 bridgehead atoms. The van der Waals surface area contributed by atoms with Gasteiger partial charge >= 0.3 is 6.18 Å². The quantitative estimate of drug-likeness (QED) is 0.749. The molecule has 3 aromatic rings. The van der Waals surface area contributed by atoms with Gasteiger partial charge in [-0.25, -0.2) is 4.98 Å². The average molecular weight is 386 g/mol. The standard InChI is InChI=1S/C20H17F3N4O/c21-20(22,23)15-5-3-14(4-6-15)18-25-17-12-27(9-7-16(17)19(28)26-18)11-13-2-1-8-24-10-13/h1-6,8,10H,7,9,11-12H2,(H,25,26,28). The Morgan fingerprint density at radius 1 is 1.14 bits per heavy atom. The molecule has 28 heavy (non-hydrogen) atoms. The van der Waals surface area contributed by atoms with E-state index in [-0.39, 0.29) is 11.4 Å². The van der Waals surface area contributed by atoms with Crippen LogP contribution < -0.4 is 5.56 Å². The molecular weight excluding hydrogens is 369 g/mol. The maximum atomic E-state index is 12.7. The number of rotatable bonds is 3. The molecule has 0 spiro atoms. The van der Waals surface area contributed by atoms with Gasteiger partial charge in [0.1, 0.15) is 5.82 Å². The molecule has 144 valence electrons. The van der Waals surface area contributed by atoms with Crippen molar-refractivity contribution in [2.45, 2.75) is 25.7 Å². The van der Waals surface area contributed by atoms with E-state index in [9.17, 15) is 18.0 Å². The van der Waals surface area contributed by atoms with Crippen molar-refractivity contribution in [3.05, 3.63) is 81.5 Å². The molecule has 3 heterocycles. The Kier molecular flexibility index (Phi) is 4.72. The summed E-state index contributed by atoms with van der Waals surface area (Å²) in [7, 11) is 0. The smallest absolute Gasteiger partial charge is 0.306 e. The number of halogens is 3. The van der Waals surface area contributed by atoms with E-state index in [1.165, 1.54) is 12.1 Å². The largest absolute Gasteiger partial charge is 0.416 e. The third-order valence-electron chi connectivity index (χ3n) is 4.77. The fourth-order valence-electron chi connectivity index (χ4n) is 3.33.